The van der Waals surface area contributed by atoms with Crippen LogP contribution in [-0.2, 0) is 16.1 Å². The Morgan fingerprint density at radius 1 is 1.32 bits per heavy atom. The molecule has 2 aromatic rings. The van der Waals surface area contributed by atoms with Gasteiger partial charge in [0.2, 0.25) is 5.91 Å². The summed E-state index contributed by atoms with van der Waals surface area (Å²) in [4.78, 5) is 18.3. The van der Waals surface area contributed by atoms with Crippen LogP contribution in [0.15, 0.2) is 30.6 Å². The first-order valence-electron chi connectivity index (χ1n) is 7.83. The van der Waals surface area contributed by atoms with E-state index in [1.807, 2.05) is 24.5 Å². The fourth-order valence-corrected chi connectivity index (χ4v) is 3.41. The number of benzene rings is 1. The lowest BCUT2D eigenvalue weighted by Crippen LogP contribution is -2.60. The number of hydrogen-bond donors (Lipinski definition) is 1. The molecule has 2 fully saturated rings. The van der Waals surface area contributed by atoms with Crippen molar-refractivity contribution in [1.29, 1.82) is 0 Å². The van der Waals surface area contributed by atoms with Gasteiger partial charge in [0, 0.05) is 26.2 Å². The average Bonchev–Trinajstić information content (AvgIpc) is 2.96. The predicted octanol–water partition coefficient (Wildman–Crippen LogP) is 0.626. The molecule has 2 aliphatic rings. The number of imidazole rings is 1. The summed E-state index contributed by atoms with van der Waals surface area (Å²) in [5, 5.41) is 3.05. The molecule has 6 nitrogen and oxygen atoms in total. The van der Waals surface area contributed by atoms with Gasteiger partial charge in [0.15, 0.2) is 0 Å². The maximum atomic E-state index is 11.4. The molecule has 0 spiro atoms. The number of para-hydroxylation sites is 2. The molecule has 2 atom stereocenters. The lowest BCUT2D eigenvalue weighted by Gasteiger charge is -2.41. The first-order chi connectivity index (χ1) is 10.8. The number of amides is 1. The quantitative estimate of drug-likeness (QED) is 0.903. The van der Waals surface area contributed by atoms with Gasteiger partial charge in [-0.1, -0.05) is 12.1 Å². The van der Waals surface area contributed by atoms with Gasteiger partial charge in [-0.05, 0) is 18.6 Å². The van der Waals surface area contributed by atoms with Crippen molar-refractivity contribution >= 4 is 16.9 Å². The Morgan fingerprint density at radius 2 is 2.23 bits per heavy atom. The zero-order valence-corrected chi connectivity index (χ0v) is 12.4. The third-order valence-electron chi connectivity index (χ3n) is 4.59. The molecule has 3 heterocycles. The predicted molar refractivity (Wildman–Crippen MR) is 82.5 cm³/mol. The number of aromatic nitrogens is 2. The largest absolute Gasteiger partial charge is 0.366 e. The van der Waals surface area contributed by atoms with Crippen LogP contribution in [0.1, 0.15) is 6.42 Å². The minimum Gasteiger partial charge on any atom is -0.366 e. The fraction of sp³-hybridized carbons (Fsp3) is 0.500. The molecule has 4 rings (SSSR count). The SMILES string of the molecule is O=C1CO[C@@H]2CCN(CCn3cnc4ccccc43)C[C@@H]2N1. The van der Waals surface area contributed by atoms with Crippen LogP contribution < -0.4 is 5.32 Å². The Labute approximate surface area is 129 Å². The van der Waals surface area contributed by atoms with E-state index >= 15 is 0 Å². The van der Waals surface area contributed by atoms with E-state index in [0.29, 0.717) is 0 Å². The standard InChI is InChI=1S/C16H20N4O2/c21-16-10-22-15-5-6-19(9-13(15)18-16)7-8-20-11-17-12-3-1-2-4-14(12)20/h1-4,11,13,15H,5-10H2,(H,18,21)/t13-,15+/m0/s1. The molecule has 0 unspecified atom stereocenters. The second kappa shape index (κ2) is 5.70. The van der Waals surface area contributed by atoms with E-state index in [1.54, 1.807) is 0 Å². The van der Waals surface area contributed by atoms with E-state index in [1.165, 1.54) is 5.52 Å². The third-order valence-corrected chi connectivity index (χ3v) is 4.59. The van der Waals surface area contributed by atoms with Gasteiger partial charge in [0.1, 0.15) is 6.61 Å². The summed E-state index contributed by atoms with van der Waals surface area (Å²) in [6, 6.07) is 8.32. The van der Waals surface area contributed by atoms with Crippen molar-refractivity contribution in [2.24, 2.45) is 0 Å². The molecule has 1 aromatic carbocycles. The molecular formula is C16H20N4O2. The summed E-state index contributed by atoms with van der Waals surface area (Å²) in [6.45, 7) is 3.96. The van der Waals surface area contributed by atoms with E-state index in [2.05, 4.69) is 25.8 Å². The molecule has 2 saturated heterocycles. The average molecular weight is 300 g/mol. The number of carbonyl (C=O) groups is 1. The molecular weight excluding hydrogens is 280 g/mol. The van der Waals surface area contributed by atoms with Crippen LogP contribution in [0, 0.1) is 0 Å². The fourth-order valence-electron chi connectivity index (χ4n) is 3.41. The second-order valence-corrected chi connectivity index (χ2v) is 6.04. The molecule has 0 aliphatic carbocycles. The van der Waals surface area contributed by atoms with Gasteiger partial charge in [0.25, 0.3) is 0 Å². The topological polar surface area (TPSA) is 59.4 Å². The number of ether oxygens (including phenoxy) is 1. The number of hydrogen-bond acceptors (Lipinski definition) is 4. The van der Waals surface area contributed by atoms with Crippen LogP contribution >= 0.6 is 0 Å². The molecule has 1 aromatic heterocycles. The number of nitrogens with one attached hydrogen (secondary N) is 1. The van der Waals surface area contributed by atoms with Gasteiger partial charge in [0.05, 0.1) is 29.5 Å². The minimum atomic E-state index is 0.00343. The van der Waals surface area contributed by atoms with Gasteiger partial charge in [-0.15, -0.1) is 0 Å². The monoisotopic (exact) mass is 300 g/mol. The van der Waals surface area contributed by atoms with Gasteiger partial charge in [-0.2, -0.15) is 0 Å². The van der Waals surface area contributed by atoms with Crippen molar-refractivity contribution < 1.29 is 9.53 Å². The van der Waals surface area contributed by atoms with Crippen LogP contribution in [-0.4, -0.2) is 58.7 Å². The number of fused-ring (bicyclic) bond motifs is 2. The van der Waals surface area contributed by atoms with Crippen LogP contribution in [0.5, 0.6) is 0 Å². The maximum Gasteiger partial charge on any atom is 0.246 e. The van der Waals surface area contributed by atoms with Gasteiger partial charge in [-0.3, -0.25) is 9.69 Å². The molecule has 22 heavy (non-hydrogen) atoms. The summed E-state index contributed by atoms with van der Waals surface area (Å²) < 4.78 is 7.79. The zero-order valence-electron chi connectivity index (χ0n) is 12.4. The highest BCUT2D eigenvalue weighted by Crippen LogP contribution is 2.18. The lowest BCUT2D eigenvalue weighted by molar-refractivity contribution is -0.140. The molecule has 1 N–H and O–H groups in total. The Kier molecular flexibility index (Phi) is 3.56. The van der Waals surface area contributed by atoms with Crippen molar-refractivity contribution in [3.63, 3.8) is 0 Å². The number of rotatable bonds is 3. The first-order valence-corrected chi connectivity index (χ1v) is 7.83. The summed E-state index contributed by atoms with van der Waals surface area (Å²) in [5.74, 6) is 0.00343. The normalized spacial score (nSPS) is 25.9. The Hall–Kier alpha value is -1.92. The molecule has 0 bridgehead atoms. The first kappa shape index (κ1) is 13.7. The van der Waals surface area contributed by atoms with Crippen molar-refractivity contribution in [3.8, 4) is 0 Å². The van der Waals surface area contributed by atoms with E-state index in [0.717, 1.165) is 38.1 Å². The van der Waals surface area contributed by atoms with Gasteiger partial charge >= 0.3 is 0 Å². The third kappa shape index (κ3) is 2.60. The molecule has 0 radical (unpaired) electrons. The van der Waals surface area contributed by atoms with Crippen LogP contribution in [0.2, 0.25) is 0 Å². The number of morpholine rings is 1. The Bertz CT molecular complexity index is 684. The van der Waals surface area contributed by atoms with Gasteiger partial charge in [-0.25, -0.2) is 4.98 Å². The van der Waals surface area contributed by atoms with Crippen LogP contribution in [0.4, 0.5) is 0 Å². The number of nitrogens with zero attached hydrogens (tertiary/aromatic N) is 3. The summed E-state index contributed by atoms with van der Waals surface area (Å²) in [5.41, 5.74) is 2.21. The summed E-state index contributed by atoms with van der Waals surface area (Å²) in [7, 11) is 0. The molecule has 1 amide bonds. The lowest BCUT2D eigenvalue weighted by atomic mass is 10.0. The molecule has 0 saturated carbocycles. The van der Waals surface area contributed by atoms with Crippen molar-refractivity contribution in [2.75, 3.05) is 26.2 Å². The molecule has 2 aliphatic heterocycles. The minimum absolute atomic E-state index is 0.00343. The van der Waals surface area contributed by atoms with Gasteiger partial charge < -0.3 is 14.6 Å². The van der Waals surface area contributed by atoms with E-state index in [4.69, 9.17) is 4.74 Å². The van der Waals surface area contributed by atoms with E-state index in [-0.39, 0.29) is 24.7 Å². The summed E-state index contributed by atoms with van der Waals surface area (Å²) in [6.07, 6.45) is 3.07. The van der Waals surface area contributed by atoms with E-state index in [9.17, 15) is 4.79 Å². The number of likely N-dealkylation sites (tertiary alicyclic amines) is 1. The summed E-state index contributed by atoms with van der Waals surface area (Å²) >= 11 is 0. The maximum absolute atomic E-state index is 11.4. The Balaban J connectivity index is 1.39. The van der Waals surface area contributed by atoms with Crippen LogP contribution in [0.25, 0.3) is 11.0 Å². The van der Waals surface area contributed by atoms with Crippen molar-refractivity contribution in [2.45, 2.75) is 25.1 Å². The van der Waals surface area contributed by atoms with Crippen LogP contribution in [0.3, 0.4) is 0 Å². The highest BCUT2D eigenvalue weighted by Gasteiger charge is 2.34. The van der Waals surface area contributed by atoms with Crippen molar-refractivity contribution in [1.82, 2.24) is 19.8 Å². The Morgan fingerprint density at radius 3 is 3.18 bits per heavy atom. The smallest absolute Gasteiger partial charge is 0.246 e. The second-order valence-electron chi connectivity index (χ2n) is 6.04. The number of carbonyl (C=O) groups excluding carboxylic acids is 1. The highest BCUT2D eigenvalue weighted by atomic mass is 16.5. The van der Waals surface area contributed by atoms with Crippen molar-refractivity contribution in [3.05, 3.63) is 30.6 Å². The zero-order chi connectivity index (χ0) is 14.9. The number of piperidine rings is 1. The van der Waals surface area contributed by atoms with E-state index < -0.39 is 0 Å². The molecule has 116 valence electrons. The molecule has 6 heteroatoms. The highest BCUT2D eigenvalue weighted by molar-refractivity contribution is 5.78.